The van der Waals surface area contributed by atoms with Crippen LogP contribution in [0.3, 0.4) is 0 Å². The van der Waals surface area contributed by atoms with Crippen LogP contribution in [0, 0.1) is 20.8 Å². The summed E-state index contributed by atoms with van der Waals surface area (Å²) in [6.45, 7) is 5.79. The number of ether oxygens (including phenoxy) is 1. The average molecular weight is 366 g/mol. The zero-order valence-electron chi connectivity index (χ0n) is 16.0. The third-order valence-electron chi connectivity index (χ3n) is 4.53. The van der Waals surface area contributed by atoms with E-state index < -0.39 is 5.97 Å². The number of amides is 1. The standard InChI is InChI=1S/C20H22N4O3/c1-12-10-15(20(26)27-5)8-9-17(12)22-18(25)16-11-21-23(4)19(16)24-13(2)6-7-14(24)3/h6-11H,1-5H3,(H,22,25). The minimum absolute atomic E-state index is 0.264. The fourth-order valence-electron chi connectivity index (χ4n) is 3.10. The van der Waals surface area contributed by atoms with Gasteiger partial charge in [0, 0.05) is 24.1 Å². The molecule has 0 aliphatic rings. The molecule has 0 fully saturated rings. The summed E-state index contributed by atoms with van der Waals surface area (Å²) in [5, 5.41) is 7.17. The largest absolute Gasteiger partial charge is 0.465 e. The van der Waals surface area contributed by atoms with Crippen LogP contribution in [0.4, 0.5) is 5.69 Å². The van der Waals surface area contributed by atoms with Crippen molar-refractivity contribution < 1.29 is 14.3 Å². The molecule has 1 aromatic carbocycles. The van der Waals surface area contributed by atoms with Crippen molar-refractivity contribution in [2.75, 3.05) is 12.4 Å². The van der Waals surface area contributed by atoms with Crippen molar-refractivity contribution >= 4 is 17.6 Å². The lowest BCUT2D eigenvalue weighted by Gasteiger charge is -2.13. The summed E-state index contributed by atoms with van der Waals surface area (Å²) in [5.41, 5.74) is 4.34. The van der Waals surface area contributed by atoms with Crippen molar-refractivity contribution in [2.45, 2.75) is 20.8 Å². The van der Waals surface area contributed by atoms with Crippen LogP contribution in [-0.2, 0) is 11.8 Å². The predicted molar refractivity (Wildman–Crippen MR) is 102 cm³/mol. The minimum Gasteiger partial charge on any atom is -0.465 e. The summed E-state index contributed by atoms with van der Waals surface area (Å²) in [6, 6.07) is 9.01. The molecular weight excluding hydrogens is 344 g/mol. The van der Waals surface area contributed by atoms with Crippen LogP contribution in [0.25, 0.3) is 5.82 Å². The predicted octanol–water partition coefficient (Wildman–Crippen LogP) is 3.17. The SMILES string of the molecule is COC(=O)c1ccc(NC(=O)c2cnn(C)c2-n2c(C)ccc2C)c(C)c1. The van der Waals surface area contributed by atoms with Gasteiger partial charge in [0.1, 0.15) is 11.4 Å². The van der Waals surface area contributed by atoms with E-state index in [1.807, 2.05) is 37.5 Å². The van der Waals surface area contributed by atoms with Gasteiger partial charge in [-0.05, 0) is 56.7 Å². The number of benzene rings is 1. The summed E-state index contributed by atoms with van der Waals surface area (Å²) in [5.74, 6) is 0.0277. The van der Waals surface area contributed by atoms with Crippen LogP contribution in [0.2, 0.25) is 0 Å². The van der Waals surface area contributed by atoms with E-state index in [2.05, 4.69) is 10.4 Å². The van der Waals surface area contributed by atoms with Gasteiger partial charge in [0.15, 0.2) is 0 Å². The molecule has 0 aliphatic carbocycles. The second kappa shape index (κ2) is 7.11. The maximum Gasteiger partial charge on any atom is 0.337 e. The molecule has 0 bridgehead atoms. The van der Waals surface area contributed by atoms with E-state index in [0.29, 0.717) is 22.6 Å². The van der Waals surface area contributed by atoms with Gasteiger partial charge in [-0.1, -0.05) is 0 Å². The summed E-state index contributed by atoms with van der Waals surface area (Å²) in [7, 11) is 3.14. The Hall–Kier alpha value is -3.35. The highest BCUT2D eigenvalue weighted by atomic mass is 16.5. The van der Waals surface area contributed by atoms with Crippen molar-refractivity contribution in [1.29, 1.82) is 0 Å². The Kier molecular flexibility index (Phi) is 4.85. The molecule has 0 atom stereocenters. The van der Waals surface area contributed by atoms with Gasteiger partial charge in [0.2, 0.25) is 0 Å². The molecule has 2 heterocycles. The van der Waals surface area contributed by atoms with Crippen LogP contribution in [-0.4, -0.2) is 33.3 Å². The normalized spacial score (nSPS) is 10.7. The molecule has 3 aromatic rings. The molecule has 1 N–H and O–H groups in total. The number of rotatable bonds is 4. The molecule has 0 spiro atoms. The lowest BCUT2D eigenvalue weighted by molar-refractivity contribution is 0.0600. The van der Waals surface area contributed by atoms with Gasteiger partial charge < -0.3 is 14.6 Å². The molecule has 7 heteroatoms. The van der Waals surface area contributed by atoms with Crippen LogP contribution in [0.5, 0.6) is 0 Å². The number of methoxy groups -OCH3 is 1. The van der Waals surface area contributed by atoms with E-state index in [1.165, 1.54) is 7.11 Å². The Morgan fingerprint density at radius 2 is 1.74 bits per heavy atom. The quantitative estimate of drug-likeness (QED) is 0.720. The Morgan fingerprint density at radius 3 is 2.33 bits per heavy atom. The lowest BCUT2D eigenvalue weighted by Crippen LogP contribution is -2.17. The summed E-state index contributed by atoms with van der Waals surface area (Å²) >= 11 is 0. The van der Waals surface area contributed by atoms with Gasteiger partial charge >= 0.3 is 5.97 Å². The number of nitrogens with zero attached hydrogens (tertiary/aromatic N) is 3. The Morgan fingerprint density at radius 1 is 1.07 bits per heavy atom. The summed E-state index contributed by atoms with van der Waals surface area (Å²) in [4.78, 5) is 24.6. The second-order valence-corrected chi connectivity index (χ2v) is 6.43. The third-order valence-corrected chi connectivity index (χ3v) is 4.53. The first-order valence-electron chi connectivity index (χ1n) is 8.51. The molecule has 0 radical (unpaired) electrons. The first-order chi connectivity index (χ1) is 12.8. The topological polar surface area (TPSA) is 78.2 Å². The number of carbonyl (C=O) groups is 2. The highest BCUT2D eigenvalue weighted by molar-refractivity contribution is 6.07. The number of hydrogen-bond donors (Lipinski definition) is 1. The van der Waals surface area contributed by atoms with Crippen molar-refractivity contribution in [3.05, 3.63) is 64.6 Å². The Bertz CT molecular complexity index is 1010. The van der Waals surface area contributed by atoms with Crippen LogP contribution < -0.4 is 5.32 Å². The fourth-order valence-corrected chi connectivity index (χ4v) is 3.10. The maximum absolute atomic E-state index is 12.9. The first kappa shape index (κ1) is 18.4. The summed E-state index contributed by atoms with van der Waals surface area (Å²) < 4.78 is 8.40. The highest BCUT2D eigenvalue weighted by Gasteiger charge is 2.20. The molecule has 2 aromatic heterocycles. The van der Waals surface area contributed by atoms with E-state index in [1.54, 1.807) is 36.1 Å². The van der Waals surface area contributed by atoms with Crippen molar-refractivity contribution in [3.63, 3.8) is 0 Å². The van der Waals surface area contributed by atoms with Crippen molar-refractivity contribution in [3.8, 4) is 5.82 Å². The van der Waals surface area contributed by atoms with Crippen molar-refractivity contribution in [2.24, 2.45) is 7.05 Å². The molecule has 3 rings (SSSR count). The Labute approximate surface area is 157 Å². The number of hydrogen-bond acceptors (Lipinski definition) is 4. The monoisotopic (exact) mass is 366 g/mol. The van der Waals surface area contributed by atoms with Crippen LogP contribution >= 0.6 is 0 Å². The zero-order chi connectivity index (χ0) is 19.7. The molecule has 1 amide bonds. The van der Waals surface area contributed by atoms with Crippen molar-refractivity contribution in [1.82, 2.24) is 14.3 Å². The van der Waals surface area contributed by atoms with Gasteiger partial charge in [-0.25, -0.2) is 4.79 Å². The highest BCUT2D eigenvalue weighted by Crippen LogP contribution is 2.22. The van der Waals surface area contributed by atoms with Gasteiger partial charge in [-0.2, -0.15) is 5.10 Å². The molecule has 0 unspecified atom stereocenters. The molecule has 0 aliphatic heterocycles. The number of esters is 1. The number of nitrogens with one attached hydrogen (secondary N) is 1. The number of carbonyl (C=O) groups excluding carboxylic acids is 2. The van der Waals surface area contributed by atoms with E-state index in [4.69, 9.17) is 4.74 Å². The molecule has 27 heavy (non-hydrogen) atoms. The molecule has 0 saturated heterocycles. The number of aryl methyl sites for hydroxylation is 4. The average Bonchev–Trinajstić information content (AvgIpc) is 3.17. The van der Waals surface area contributed by atoms with E-state index in [-0.39, 0.29) is 5.91 Å². The molecule has 140 valence electrons. The fraction of sp³-hybridized carbons (Fsp3) is 0.250. The maximum atomic E-state index is 12.9. The zero-order valence-corrected chi connectivity index (χ0v) is 16.0. The van der Waals surface area contributed by atoms with E-state index in [0.717, 1.165) is 17.0 Å². The Balaban J connectivity index is 1.94. The first-order valence-corrected chi connectivity index (χ1v) is 8.51. The second-order valence-electron chi connectivity index (χ2n) is 6.43. The van der Waals surface area contributed by atoms with Gasteiger partial charge in [0.05, 0.1) is 18.9 Å². The smallest absolute Gasteiger partial charge is 0.337 e. The lowest BCUT2D eigenvalue weighted by atomic mass is 10.1. The van der Waals surface area contributed by atoms with Gasteiger partial charge in [0.25, 0.3) is 5.91 Å². The van der Waals surface area contributed by atoms with Gasteiger partial charge in [-0.15, -0.1) is 0 Å². The molecule has 0 saturated carbocycles. The van der Waals surface area contributed by atoms with Crippen LogP contribution in [0.15, 0.2) is 36.5 Å². The summed E-state index contributed by atoms with van der Waals surface area (Å²) in [6.07, 6.45) is 1.56. The number of aromatic nitrogens is 3. The molecular formula is C20H22N4O3. The van der Waals surface area contributed by atoms with E-state index in [9.17, 15) is 9.59 Å². The molecule has 7 nitrogen and oxygen atoms in total. The third kappa shape index (κ3) is 3.36. The number of anilines is 1. The van der Waals surface area contributed by atoms with Crippen LogP contribution in [0.1, 0.15) is 37.7 Å². The van der Waals surface area contributed by atoms with Gasteiger partial charge in [-0.3, -0.25) is 9.48 Å². The minimum atomic E-state index is -0.413. The van der Waals surface area contributed by atoms with E-state index >= 15 is 0 Å².